The fourth-order valence-corrected chi connectivity index (χ4v) is 5.39. The number of allylic oxidation sites excluding steroid dienone is 1. The maximum atomic E-state index is 13.1. The first-order valence-corrected chi connectivity index (χ1v) is 14.3. The molecule has 9 nitrogen and oxygen atoms in total. The zero-order valence-electron chi connectivity index (χ0n) is 23.5. The standard InChI is InChI=1S/C31H34F3N7O2/c32-31(33,34)22-13-14-37-24(16-22)40-30(43)20-11-9-19(10-12-20)27(35)26-28-21(17-38-29(26)36)6-3-1-2-4-8-25(42)41-15-5-7-23(18-41)39-28/h3,6,9-14,16-17,23,30,35,39,43H,1-2,4-5,7-8,15,18H2,(H2,36,38)(H,37,40)/b6-3+,35-27?/t23-,30?/m1/s1. The molecular formula is C31H34F3N7O2. The largest absolute Gasteiger partial charge is 0.416 e. The number of benzene rings is 1. The number of carbonyl (C=O) groups is 1. The van der Waals surface area contributed by atoms with Crippen LogP contribution in [0.5, 0.6) is 0 Å². The Bertz CT molecular complexity index is 1510. The lowest BCUT2D eigenvalue weighted by molar-refractivity contribution is -0.137. The monoisotopic (exact) mass is 593 g/mol. The van der Waals surface area contributed by atoms with Gasteiger partial charge in [-0.15, -0.1) is 0 Å². The molecule has 0 saturated carbocycles. The summed E-state index contributed by atoms with van der Waals surface area (Å²) >= 11 is 0. The zero-order valence-corrected chi connectivity index (χ0v) is 23.5. The van der Waals surface area contributed by atoms with Gasteiger partial charge in [0.1, 0.15) is 11.6 Å². The molecule has 1 amide bonds. The second kappa shape index (κ2) is 12.8. The molecule has 3 aromatic rings. The van der Waals surface area contributed by atoms with Gasteiger partial charge >= 0.3 is 6.18 Å². The van der Waals surface area contributed by atoms with E-state index in [1.807, 2.05) is 17.1 Å². The second-order valence-electron chi connectivity index (χ2n) is 10.8. The van der Waals surface area contributed by atoms with Crippen LogP contribution in [0.15, 0.2) is 54.9 Å². The summed E-state index contributed by atoms with van der Waals surface area (Å²) < 4.78 is 39.2. The highest BCUT2D eigenvalue weighted by atomic mass is 19.4. The third-order valence-electron chi connectivity index (χ3n) is 7.71. The van der Waals surface area contributed by atoms with Crippen LogP contribution in [-0.4, -0.2) is 50.7 Å². The number of piperidine rings is 1. The van der Waals surface area contributed by atoms with Crippen molar-refractivity contribution >= 4 is 35.0 Å². The van der Waals surface area contributed by atoms with Crippen LogP contribution in [0.2, 0.25) is 0 Å². The number of hydrogen-bond donors (Lipinski definition) is 5. The molecule has 6 N–H and O–H groups in total. The van der Waals surface area contributed by atoms with Gasteiger partial charge in [-0.25, -0.2) is 9.97 Å². The molecule has 43 heavy (non-hydrogen) atoms. The van der Waals surface area contributed by atoms with Crippen LogP contribution < -0.4 is 16.4 Å². The molecule has 2 aliphatic rings. The molecule has 2 aromatic heterocycles. The van der Waals surface area contributed by atoms with Gasteiger partial charge < -0.3 is 26.4 Å². The van der Waals surface area contributed by atoms with E-state index in [1.165, 1.54) is 0 Å². The highest BCUT2D eigenvalue weighted by Gasteiger charge is 2.31. The minimum Gasteiger partial charge on any atom is -0.383 e. The third kappa shape index (κ3) is 7.14. The van der Waals surface area contributed by atoms with Crippen molar-refractivity contribution in [2.75, 3.05) is 29.5 Å². The fourth-order valence-electron chi connectivity index (χ4n) is 5.39. The molecule has 0 radical (unpaired) electrons. The van der Waals surface area contributed by atoms with E-state index in [4.69, 9.17) is 11.1 Å². The van der Waals surface area contributed by atoms with Crippen molar-refractivity contribution in [2.45, 2.75) is 57.0 Å². The predicted octanol–water partition coefficient (Wildman–Crippen LogP) is 5.59. The molecular weight excluding hydrogens is 559 g/mol. The Morgan fingerprint density at radius 2 is 1.95 bits per heavy atom. The summed E-state index contributed by atoms with van der Waals surface area (Å²) in [5.41, 5.74) is 8.37. The van der Waals surface area contributed by atoms with E-state index in [2.05, 4.69) is 20.6 Å². The number of amides is 1. The summed E-state index contributed by atoms with van der Waals surface area (Å²) in [6.45, 7) is 1.30. The Morgan fingerprint density at radius 1 is 1.16 bits per heavy atom. The molecule has 4 heterocycles. The Kier molecular flexibility index (Phi) is 8.95. The van der Waals surface area contributed by atoms with Crippen LogP contribution in [0.1, 0.15) is 72.6 Å². The average Bonchev–Trinajstić information content (AvgIpc) is 3.00. The van der Waals surface area contributed by atoms with Crippen molar-refractivity contribution in [1.82, 2.24) is 14.9 Å². The number of aliphatic hydroxyl groups excluding tert-OH is 1. The van der Waals surface area contributed by atoms with Gasteiger partial charge in [0.05, 0.1) is 22.5 Å². The number of nitrogens with zero attached hydrogens (tertiary/aromatic N) is 3. The van der Waals surface area contributed by atoms with E-state index in [1.54, 1.807) is 30.5 Å². The van der Waals surface area contributed by atoms with Crippen molar-refractivity contribution in [1.29, 1.82) is 5.41 Å². The number of nitrogens with one attached hydrogen (secondary N) is 3. The lowest BCUT2D eigenvalue weighted by Gasteiger charge is -2.34. The third-order valence-corrected chi connectivity index (χ3v) is 7.71. The number of carbonyl (C=O) groups excluding carboxylic acids is 1. The zero-order chi connectivity index (χ0) is 30.6. The van der Waals surface area contributed by atoms with Crippen molar-refractivity contribution in [3.05, 3.63) is 82.7 Å². The lowest BCUT2D eigenvalue weighted by Crippen LogP contribution is -2.45. The van der Waals surface area contributed by atoms with Gasteiger partial charge in [-0.2, -0.15) is 13.2 Å². The lowest BCUT2D eigenvalue weighted by atomic mass is 9.96. The SMILES string of the molecule is N=C(c1ccc(C(O)Nc2cc(C(F)(F)F)ccn2)cc1)c1c(N)ncc2c1N[C@@H]1CCCN(C1)C(=O)CCCC/C=C/2. The van der Waals surface area contributed by atoms with Gasteiger partial charge in [0, 0.05) is 54.6 Å². The van der Waals surface area contributed by atoms with Gasteiger partial charge in [-0.3, -0.25) is 10.2 Å². The highest BCUT2D eigenvalue weighted by Crippen LogP contribution is 2.33. The van der Waals surface area contributed by atoms with E-state index >= 15 is 0 Å². The first-order valence-electron chi connectivity index (χ1n) is 14.3. The number of pyridine rings is 2. The van der Waals surface area contributed by atoms with E-state index in [9.17, 15) is 23.1 Å². The summed E-state index contributed by atoms with van der Waals surface area (Å²) in [7, 11) is 0. The van der Waals surface area contributed by atoms with Gasteiger partial charge in [0.2, 0.25) is 5.91 Å². The van der Waals surface area contributed by atoms with Crippen molar-refractivity contribution in [3.8, 4) is 0 Å². The van der Waals surface area contributed by atoms with Crippen molar-refractivity contribution < 1.29 is 23.1 Å². The van der Waals surface area contributed by atoms with Crippen molar-refractivity contribution in [2.24, 2.45) is 0 Å². The molecule has 0 aliphatic carbocycles. The summed E-state index contributed by atoms with van der Waals surface area (Å²) in [5.74, 6) is 0.216. The maximum absolute atomic E-state index is 13.1. The van der Waals surface area contributed by atoms with Crippen LogP contribution in [-0.2, 0) is 11.0 Å². The van der Waals surface area contributed by atoms with Crippen LogP contribution in [0.25, 0.3) is 6.08 Å². The van der Waals surface area contributed by atoms with Crippen LogP contribution in [0.3, 0.4) is 0 Å². The number of aromatic nitrogens is 2. The number of aliphatic hydroxyl groups is 1. The van der Waals surface area contributed by atoms with Gasteiger partial charge in [0.15, 0.2) is 6.23 Å². The minimum atomic E-state index is -4.54. The molecule has 2 atom stereocenters. The Morgan fingerprint density at radius 3 is 2.72 bits per heavy atom. The fraction of sp³-hybridized carbons (Fsp3) is 0.355. The van der Waals surface area contributed by atoms with E-state index in [0.717, 1.165) is 62.5 Å². The first kappa shape index (κ1) is 30.0. The molecule has 226 valence electrons. The number of halogens is 3. The Balaban J connectivity index is 1.40. The van der Waals surface area contributed by atoms with Crippen molar-refractivity contribution in [3.63, 3.8) is 0 Å². The number of rotatable bonds is 5. The van der Waals surface area contributed by atoms with Gasteiger partial charge in [-0.1, -0.05) is 36.4 Å². The highest BCUT2D eigenvalue weighted by molar-refractivity contribution is 6.17. The van der Waals surface area contributed by atoms with Crippen LogP contribution in [0, 0.1) is 5.41 Å². The van der Waals surface area contributed by atoms with Crippen LogP contribution in [0.4, 0.5) is 30.5 Å². The molecule has 2 aliphatic heterocycles. The Hall–Kier alpha value is -4.45. The maximum Gasteiger partial charge on any atom is 0.416 e. The predicted molar refractivity (Wildman–Crippen MR) is 160 cm³/mol. The number of nitrogen functional groups attached to an aromatic ring is 1. The minimum absolute atomic E-state index is 0.0213. The molecule has 1 fully saturated rings. The second-order valence-corrected chi connectivity index (χ2v) is 10.8. The number of fused-ring (bicyclic) bond motifs is 3. The van der Waals surface area contributed by atoms with Gasteiger partial charge in [-0.05, 0) is 44.2 Å². The molecule has 2 bridgehead atoms. The number of nitrogens with two attached hydrogens (primary N) is 1. The summed E-state index contributed by atoms with van der Waals surface area (Å²) in [6.07, 6.45) is 5.65. The number of alkyl halides is 3. The average molecular weight is 594 g/mol. The summed E-state index contributed by atoms with van der Waals surface area (Å²) in [4.78, 5) is 22.9. The molecule has 1 saturated heterocycles. The molecule has 1 aromatic carbocycles. The number of hydrogen-bond acceptors (Lipinski definition) is 8. The van der Waals surface area contributed by atoms with E-state index < -0.39 is 18.0 Å². The molecule has 1 unspecified atom stereocenters. The van der Waals surface area contributed by atoms with E-state index in [0.29, 0.717) is 35.3 Å². The Labute approximate surface area is 247 Å². The van der Waals surface area contributed by atoms with Crippen LogP contribution >= 0.6 is 0 Å². The van der Waals surface area contributed by atoms with E-state index in [-0.39, 0.29) is 29.3 Å². The quantitative estimate of drug-likeness (QED) is 0.192. The number of anilines is 3. The normalized spacial score (nSPS) is 19.1. The topological polar surface area (TPSA) is 140 Å². The molecule has 12 heteroatoms. The molecule has 0 spiro atoms. The summed E-state index contributed by atoms with van der Waals surface area (Å²) in [5, 5.41) is 25.9. The molecule has 5 rings (SSSR count). The first-order chi connectivity index (χ1) is 20.6. The smallest absolute Gasteiger partial charge is 0.383 e. The summed E-state index contributed by atoms with van der Waals surface area (Å²) in [6, 6.07) is 8.09. The van der Waals surface area contributed by atoms with Gasteiger partial charge in [0.25, 0.3) is 0 Å².